The molecule has 1 amide bonds. The molecule has 37 heavy (non-hydrogen) atoms. The molecular formula is C24H16ClN3O7S2. The number of halogens is 1. The summed E-state index contributed by atoms with van der Waals surface area (Å²) in [4.78, 5) is 43.7. The summed E-state index contributed by atoms with van der Waals surface area (Å²) in [6.45, 7) is 0. The van der Waals surface area contributed by atoms with Gasteiger partial charge in [0.2, 0.25) is 0 Å². The van der Waals surface area contributed by atoms with Crippen LogP contribution in [0.15, 0.2) is 53.4 Å². The summed E-state index contributed by atoms with van der Waals surface area (Å²) in [5.41, 5.74) is 0.245. The maximum Gasteiger partial charge on any atom is 0.301 e. The number of ether oxygens (including phenoxy) is 2. The van der Waals surface area contributed by atoms with Crippen LogP contribution in [0.2, 0.25) is 5.02 Å². The molecule has 2 aromatic heterocycles. The molecule has 1 N–H and O–H groups in total. The number of benzene rings is 2. The van der Waals surface area contributed by atoms with Gasteiger partial charge in [-0.3, -0.25) is 24.6 Å². The fraction of sp³-hybridized carbons (Fsp3) is 0.125. The van der Waals surface area contributed by atoms with Crippen LogP contribution in [0.5, 0.6) is 11.5 Å². The molecule has 1 aliphatic heterocycles. The molecule has 1 unspecified atom stereocenters. The molecule has 3 heterocycles. The number of non-ortho nitro benzene ring substituents is 1. The number of thiophene rings is 1. The molecule has 5 rings (SSSR count). The average molecular weight is 558 g/mol. The molecule has 0 bridgehead atoms. The van der Waals surface area contributed by atoms with E-state index >= 15 is 0 Å². The Kier molecular flexibility index (Phi) is 6.31. The zero-order valence-electron chi connectivity index (χ0n) is 19.1. The molecule has 13 heteroatoms. The number of aliphatic hydroxyl groups excluding tert-OH is 1. The van der Waals surface area contributed by atoms with E-state index in [4.69, 9.17) is 21.1 Å². The van der Waals surface area contributed by atoms with Gasteiger partial charge in [0.05, 0.1) is 45.5 Å². The minimum absolute atomic E-state index is 0.104. The lowest BCUT2D eigenvalue weighted by molar-refractivity contribution is -0.384. The van der Waals surface area contributed by atoms with Crippen LogP contribution in [0.25, 0.3) is 16.0 Å². The van der Waals surface area contributed by atoms with Crippen molar-refractivity contribution in [1.82, 2.24) is 4.98 Å². The van der Waals surface area contributed by atoms with Crippen LogP contribution < -0.4 is 14.4 Å². The van der Waals surface area contributed by atoms with Gasteiger partial charge in [0.15, 0.2) is 5.13 Å². The second kappa shape index (κ2) is 9.47. The Bertz CT molecular complexity index is 1610. The van der Waals surface area contributed by atoms with Gasteiger partial charge in [-0.05, 0) is 23.6 Å². The Balaban J connectivity index is 1.71. The smallest absolute Gasteiger partial charge is 0.301 e. The Hall–Kier alpha value is -4.00. The van der Waals surface area contributed by atoms with Crippen molar-refractivity contribution in [3.63, 3.8) is 0 Å². The van der Waals surface area contributed by atoms with Gasteiger partial charge in [0, 0.05) is 23.1 Å². The minimum Gasteiger partial charge on any atom is -0.507 e. The van der Waals surface area contributed by atoms with Gasteiger partial charge in [-0.2, -0.15) is 0 Å². The van der Waals surface area contributed by atoms with Crippen molar-refractivity contribution in [3.8, 4) is 11.5 Å². The van der Waals surface area contributed by atoms with Crippen LogP contribution >= 0.6 is 34.3 Å². The Morgan fingerprint density at radius 1 is 1.16 bits per heavy atom. The molecular weight excluding hydrogens is 542 g/mol. The number of ketones is 1. The highest BCUT2D eigenvalue weighted by molar-refractivity contribution is 7.22. The molecule has 0 radical (unpaired) electrons. The maximum atomic E-state index is 13.4. The minimum atomic E-state index is -0.999. The molecule has 2 aromatic carbocycles. The number of aliphatic hydroxyl groups is 1. The SMILES string of the molecule is COc1cc(OC)c(/C(O)=C2\C(=O)C(=O)N(c3nc4ccc([N+](=O)[O-])cc4s3)C2c2cccs2)cc1Cl. The van der Waals surface area contributed by atoms with Crippen LogP contribution in [0.3, 0.4) is 0 Å². The van der Waals surface area contributed by atoms with Crippen LogP contribution in [-0.2, 0) is 9.59 Å². The lowest BCUT2D eigenvalue weighted by Gasteiger charge is -2.21. The number of anilines is 1. The number of thiazole rings is 1. The number of hydrogen-bond donors (Lipinski definition) is 1. The Morgan fingerprint density at radius 3 is 2.57 bits per heavy atom. The van der Waals surface area contributed by atoms with Crippen LogP contribution in [0.4, 0.5) is 10.8 Å². The fourth-order valence-corrected chi connectivity index (χ4v) is 6.14. The highest BCUT2D eigenvalue weighted by atomic mass is 35.5. The quantitative estimate of drug-likeness (QED) is 0.107. The summed E-state index contributed by atoms with van der Waals surface area (Å²) >= 11 is 8.61. The highest BCUT2D eigenvalue weighted by Crippen LogP contribution is 2.47. The number of rotatable bonds is 6. The average Bonchev–Trinajstić information content (AvgIpc) is 3.61. The first kappa shape index (κ1) is 24.7. The Morgan fingerprint density at radius 2 is 1.92 bits per heavy atom. The number of amides is 1. The number of nitrogens with zero attached hydrogens (tertiary/aromatic N) is 3. The predicted octanol–water partition coefficient (Wildman–Crippen LogP) is 5.56. The standard InChI is InChI=1S/C24H16ClN3O7S2/c1-34-15-10-16(35-2)13(25)9-12(15)21(29)19-20(17-4-3-7-36-17)27(23(31)22(19)30)24-26-14-6-5-11(28(32)33)8-18(14)37-24/h3-10,20,29H,1-2H3/b21-19+. The number of Topliss-reactive ketones (excluding diaryl/α,β-unsaturated/α-hetero) is 1. The number of carbonyl (C=O) groups excluding carboxylic acids is 2. The lowest BCUT2D eigenvalue weighted by Crippen LogP contribution is -2.28. The lowest BCUT2D eigenvalue weighted by atomic mass is 9.99. The van der Waals surface area contributed by atoms with E-state index in [1.807, 2.05) is 0 Å². The van der Waals surface area contributed by atoms with Crippen molar-refractivity contribution in [3.05, 3.63) is 79.0 Å². The van der Waals surface area contributed by atoms with Gasteiger partial charge in [-0.1, -0.05) is 29.0 Å². The van der Waals surface area contributed by atoms with Gasteiger partial charge in [0.25, 0.3) is 11.5 Å². The van der Waals surface area contributed by atoms with Crippen molar-refractivity contribution in [2.24, 2.45) is 0 Å². The largest absolute Gasteiger partial charge is 0.507 e. The summed E-state index contributed by atoms with van der Waals surface area (Å²) in [5, 5.41) is 24.7. The van der Waals surface area contributed by atoms with Gasteiger partial charge in [0.1, 0.15) is 23.3 Å². The third-order valence-corrected chi connectivity index (χ3v) is 8.00. The van der Waals surface area contributed by atoms with Crippen LogP contribution in [-0.4, -0.2) is 40.9 Å². The normalized spacial score (nSPS) is 16.9. The van der Waals surface area contributed by atoms with Crippen molar-refractivity contribution in [1.29, 1.82) is 0 Å². The molecule has 0 saturated carbocycles. The molecule has 188 valence electrons. The topological polar surface area (TPSA) is 132 Å². The number of nitro benzene ring substituents is 1. The summed E-state index contributed by atoms with van der Waals surface area (Å²) in [7, 11) is 2.81. The fourth-order valence-electron chi connectivity index (χ4n) is 4.05. The number of hydrogen-bond acceptors (Lipinski definition) is 10. The zero-order valence-corrected chi connectivity index (χ0v) is 21.5. The number of nitro groups is 1. The summed E-state index contributed by atoms with van der Waals surface area (Å²) in [6, 6.07) is 9.51. The molecule has 0 spiro atoms. The summed E-state index contributed by atoms with van der Waals surface area (Å²) in [5.74, 6) is -1.81. The first-order chi connectivity index (χ1) is 17.7. The number of aromatic nitrogens is 1. The second-order valence-electron chi connectivity index (χ2n) is 7.78. The van der Waals surface area contributed by atoms with Gasteiger partial charge in [-0.15, -0.1) is 11.3 Å². The molecule has 1 fully saturated rings. The van der Waals surface area contributed by atoms with E-state index in [-0.39, 0.29) is 32.7 Å². The first-order valence-corrected chi connectivity index (χ1v) is 12.6. The first-order valence-electron chi connectivity index (χ1n) is 10.6. The van der Waals surface area contributed by atoms with E-state index in [2.05, 4.69) is 4.98 Å². The Labute approximate surface area is 222 Å². The number of carbonyl (C=O) groups is 2. The van der Waals surface area contributed by atoms with E-state index in [1.165, 1.54) is 60.8 Å². The van der Waals surface area contributed by atoms with Crippen molar-refractivity contribution in [2.75, 3.05) is 19.1 Å². The van der Waals surface area contributed by atoms with Crippen molar-refractivity contribution >= 4 is 72.8 Å². The monoisotopic (exact) mass is 557 g/mol. The summed E-state index contributed by atoms with van der Waals surface area (Å²) < 4.78 is 11.1. The number of fused-ring (bicyclic) bond motifs is 1. The van der Waals surface area contributed by atoms with Crippen molar-refractivity contribution < 1.29 is 29.1 Å². The third kappa shape index (κ3) is 4.08. The summed E-state index contributed by atoms with van der Waals surface area (Å²) in [6.07, 6.45) is 0. The van der Waals surface area contributed by atoms with E-state index in [0.29, 0.717) is 20.8 Å². The second-order valence-corrected chi connectivity index (χ2v) is 10.2. The van der Waals surface area contributed by atoms with Crippen LogP contribution in [0, 0.1) is 10.1 Å². The molecule has 1 saturated heterocycles. The predicted molar refractivity (Wildman–Crippen MR) is 140 cm³/mol. The maximum absolute atomic E-state index is 13.4. The molecule has 4 aromatic rings. The van der Waals surface area contributed by atoms with Gasteiger partial charge in [-0.25, -0.2) is 4.98 Å². The highest BCUT2D eigenvalue weighted by Gasteiger charge is 2.49. The van der Waals surface area contributed by atoms with Gasteiger partial charge < -0.3 is 14.6 Å². The molecule has 1 aliphatic rings. The van der Waals surface area contributed by atoms with E-state index in [1.54, 1.807) is 17.5 Å². The van der Waals surface area contributed by atoms with E-state index in [9.17, 15) is 24.8 Å². The molecule has 10 nitrogen and oxygen atoms in total. The van der Waals surface area contributed by atoms with E-state index in [0.717, 1.165) is 11.3 Å². The third-order valence-electron chi connectivity index (χ3n) is 5.76. The van der Waals surface area contributed by atoms with Gasteiger partial charge >= 0.3 is 5.91 Å². The molecule has 1 atom stereocenters. The van der Waals surface area contributed by atoms with Crippen molar-refractivity contribution in [2.45, 2.75) is 6.04 Å². The van der Waals surface area contributed by atoms with E-state index < -0.39 is 28.4 Å². The molecule has 0 aliphatic carbocycles. The number of methoxy groups -OCH3 is 2. The van der Waals surface area contributed by atoms with Crippen LogP contribution in [0.1, 0.15) is 16.5 Å². The zero-order chi connectivity index (χ0) is 26.4.